The van der Waals surface area contributed by atoms with Gasteiger partial charge in [0.15, 0.2) is 5.82 Å². The van der Waals surface area contributed by atoms with Gasteiger partial charge in [-0.2, -0.15) is 0 Å². The molecule has 148 valence electrons. The van der Waals surface area contributed by atoms with Crippen LogP contribution in [0.1, 0.15) is 33.4 Å². The van der Waals surface area contributed by atoms with Gasteiger partial charge in [0.2, 0.25) is 0 Å². The highest BCUT2D eigenvalue weighted by atomic mass is 16.4. The first kappa shape index (κ1) is 22.3. The minimum atomic E-state index is -1.49. The van der Waals surface area contributed by atoms with Crippen molar-refractivity contribution in [1.29, 1.82) is 0 Å². The van der Waals surface area contributed by atoms with Crippen LogP contribution < -0.4 is 5.46 Å². The molecule has 0 fully saturated rings. The Morgan fingerprint density at radius 2 is 1.52 bits per heavy atom. The number of nitrogens with zero attached hydrogens (tertiary/aromatic N) is 2. The van der Waals surface area contributed by atoms with Gasteiger partial charge < -0.3 is 10.0 Å². The number of rotatable bonds is 5. The molecule has 3 aromatic rings. The average Bonchev–Trinajstić information content (AvgIpc) is 2.79. The van der Waals surface area contributed by atoms with E-state index in [0.717, 1.165) is 28.1 Å². The van der Waals surface area contributed by atoms with E-state index in [1.807, 2.05) is 82.3 Å². The molecule has 3 rings (SSSR count). The summed E-state index contributed by atoms with van der Waals surface area (Å²) in [4.78, 5) is 9.48. The molecule has 0 unspecified atom stereocenters. The predicted octanol–water partition coefficient (Wildman–Crippen LogP) is 4.50. The van der Waals surface area contributed by atoms with Gasteiger partial charge in [-0.15, -0.1) is 0 Å². The van der Waals surface area contributed by atoms with Gasteiger partial charge in [-0.3, -0.25) is 0 Å². The molecule has 29 heavy (non-hydrogen) atoms. The van der Waals surface area contributed by atoms with Crippen LogP contribution in [0.4, 0.5) is 0 Å². The molecule has 2 N–H and O–H groups in total. The fourth-order valence-corrected chi connectivity index (χ4v) is 2.79. The van der Waals surface area contributed by atoms with Crippen LogP contribution in [0.5, 0.6) is 0 Å². The van der Waals surface area contributed by atoms with Crippen molar-refractivity contribution in [3.8, 4) is 22.6 Å². The fraction of sp³-hybridized carbons (Fsp3) is 0.167. The Bertz CT molecular complexity index is 966. The van der Waals surface area contributed by atoms with Crippen LogP contribution in [-0.2, 0) is 0 Å². The van der Waals surface area contributed by atoms with Crippen LogP contribution in [0, 0.1) is 0 Å². The van der Waals surface area contributed by atoms with Gasteiger partial charge in [0.05, 0.1) is 11.4 Å². The summed E-state index contributed by atoms with van der Waals surface area (Å²) < 4.78 is 0. The SMILES string of the molecule is C/C=C\C(=C/C)c1cc(-c2ccccc2)nc(-c2ccc(B(O)O)cc2)n1.CC. The Hall–Kier alpha value is -3.02. The summed E-state index contributed by atoms with van der Waals surface area (Å²) in [6.45, 7) is 7.96. The first-order chi connectivity index (χ1) is 14.1. The quantitative estimate of drug-likeness (QED) is 0.501. The summed E-state index contributed by atoms with van der Waals surface area (Å²) in [5, 5.41) is 18.6. The van der Waals surface area contributed by atoms with Crippen LogP contribution in [0.25, 0.3) is 28.2 Å². The van der Waals surface area contributed by atoms with Gasteiger partial charge in [-0.05, 0) is 30.9 Å². The zero-order valence-electron chi connectivity index (χ0n) is 17.4. The second-order valence-corrected chi connectivity index (χ2v) is 6.07. The summed E-state index contributed by atoms with van der Waals surface area (Å²) in [6, 6.07) is 18.9. The highest BCUT2D eigenvalue weighted by Crippen LogP contribution is 2.25. The maximum absolute atomic E-state index is 9.30. The van der Waals surface area contributed by atoms with Crippen LogP contribution in [-0.4, -0.2) is 27.1 Å². The lowest BCUT2D eigenvalue weighted by atomic mass is 9.80. The molecule has 0 saturated carbocycles. The largest absolute Gasteiger partial charge is 0.488 e. The van der Waals surface area contributed by atoms with Crippen molar-refractivity contribution in [3.05, 3.63) is 84.6 Å². The minimum absolute atomic E-state index is 0.432. The smallest absolute Gasteiger partial charge is 0.423 e. The summed E-state index contributed by atoms with van der Waals surface area (Å²) in [5.41, 5.74) is 4.95. The lowest BCUT2D eigenvalue weighted by Crippen LogP contribution is -2.29. The number of benzene rings is 2. The van der Waals surface area contributed by atoms with Crippen molar-refractivity contribution in [3.63, 3.8) is 0 Å². The van der Waals surface area contributed by atoms with E-state index < -0.39 is 7.12 Å². The summed E-state index contributed by atoms with van der Waals surface area (Å²) in [7, 11) is -1.49. The molecule has 0 aliphatic carbocycles. The number of aromatic nitrogens is 2. The lowest BCUT2D eigenvalue weighted by Gasteiger charge is -2.10. The number of hydrogen-bond acceptors (Lipinski definition) is 4. The maximum Gasteiger partial charge on any atom is 0.488 e. The van der Waals surface area contributed by atoms with Crippen molar-refractivity contribution < 1.29 is 10.0 Å². The molecule has 4 nitrogen and oxygen atoms in total. The Labute approximate surface area is 173 Å². The molecule has 0 spiro atoms. The van der Waals surface area contributed by atoms with E-state index in [-0.39, 0.29) is 0 Å². The predicted molar refractivity (Wildman–Crippen MR) is 123 cm³/mol. The second-order valence-electron chi connectivity index (χ2n) is 6.07. The van der Waals surface area contributed by atoms with E-state index in [4.69, 9.17) is 9.97 Å². The maximum atomic E-state index is 9.30. The third-order valence-corrected chi connectivity index (χ3v) is 4.22. The lowest BCUT2D eigenvalue weighted by molar-refractivity contribution is 0.426. The third-order valence-electron chi connectivity index (χ3n) is 4.22. The van der Waals surface area contributed by atoms with Gasteiger partial charge in [-0.25, -0.2) is 9.97 Å². The van der Waals surface area contributed by atoms with Crippen LogP contribution in [0.2, 0.25) is 0 Å². The molecule has 1 heterocycles. The molecule has 5 heteroatoms. The van der Waals surface area contributed by atoms with Crippen molar-refractivity contribution in [2.45, 2.75) is 27.7 Å². The van der Waals surface area contributed by atoms with Crippen molar-refractivity contribution >= 4 is 18.2 Å². The first-order valence-corrected chi connectivity index (χ1v) is 9.82. The summed E-state index contributed by atoms with van der Waals surface area (Å²) in [5.74, 6) is 0.592. The normalized spacial score (nSPS) is 11.2. The summed E-state index contributed by atoms with van der Waals surface area (Å²) in [6.07, 6.45) is 6.02. The van der Waals surface area contributed by atoms with E-state index in [2.05, 4.69) is 0 Å². The van der Waals surface area contributed by atoms with E-state index in [9.17, 15) is 10.0 Å². The van der Waals surface area contributed by atoms with E-state index >= 15 is 0 Å². The molecule has 0 aliphatic rings. The molecule has 0 radical (unpaired) electrons. The van der Waals surface area contributed by atoms with Crippen molar-refractivity contribution in [1.82, 2.24) is 9.97 Å². The molecule has 0 atom stereocenters. The monoisotopic (exact) mass is 386 g/mol. The zero-order chi connectivity index (χ0) is 21.2. The molecule has 0 amide bonds. The Morgan fingerprint density at radius 1 is 0.862 bits per heavy atom. The zero-order valence-corrected chi connectivity index (χ0v) is 17.4. The van der Waals surface area contributed by atoms with Gasteiger partial charge in [0, 0.05) is 11.1 Å². The minimum Gasteiger partial charge on any atom is -0.423 e. The molecule has 0 saturated heterocycles. The Morgan fingerprint density at radius 3 is 2.07 bits per heavy atom. The molecule has 0 bridgehead atoms. The molecular weight excluding hydrogens is 359 g/mol. The van der Waals surface area contributed by atoms with Crippen LogP contribution in [0.15, 0.2) is 78.9 Å². The topological polar surface area (TPSA) is 66.2 Å². The van der Waals surface area contributed by atoms with Crippen LogP contribution >= 0.6 is 0 Å². The van der Waals surface area contributed by atoms with Gasteiger partial charge in [-0.1, -0.05) is 86.7 Å². The third kappa shape index (κ3) is 5.73. The molecule has 1 aromatic heterocycles. The number of allylic oxidation sites excluding steroid dienone is 4. The first-order valence-electron chi connectivity index (χ1n) is 9.82. The van der Waals surface area contributed by atoms with E-state index in [1.54, 1.807) is 24.3 Å². The van der Waals surface area contributed by atoms with E-state index in [1.165, 1.54) is 0 Å². The molecular formula is C24H27BN2O2. The van der Waals surface area contributed by atoms with Gasteiger partial charge in [0.25, 0.3) is 0 Å². The highest BCUT2D eigenvalue weighted by molar-refractivity contribution is 6.58. The Kier molecular flexibility index (Phi) is 8.53. The second kappa shape index (κ2) is 11.1. The van der Waals surface area contributed by atoms with Crippen LogP contribution in [0.3, 0.4) is 0 Å². The van der Waals surface area contributed by atoms with Gasteiger partial charge >= 0.3 is 7.12 Å². The standard InChI is InChI=1S/C22H21BN2O2.C2H6/c1-3-8-16(4-2)20-15-21(17-9-6-5-7-10-17)25-22(24-20)18-11-13-19(14-12-18)23(26)27;1-2/h3-15,26-27H,1-2H3;1-2H3/b8-3-,16-4+;. The summed E-state index contributed by atoms with van der Waals surface area (Å²) >= 11 is 0. The molecule has 2 aromatic carbocycles. The highest BCUT2D eigenvalue weighted by Gasteiger charge is 2.13. The van der Waals surface area contributed by atoms with Gasteiger partial charge in [0.1, 0.15) is 0 Å². The number of hydrogen-bond donors (Lipinski definition) is 2. The average molecular weight is 386 g/mol. The molecule has 0 aliphatic heterocycles. The Balaban J connectivity index is 0.00000145. The fourth-order valence-electron chi connectivity index (χ4n) is 2.79. The van der Waals surface area contributed by atoms with Crippen molar-refractivity contribution in [2.24, 2.45) is 0 Å². The van der Waals surface area contributed by atoms with E-state index in [0.29, 0.717) is 11.3 Å². The van der Waals surface area contributed by atoms with Crippen molar-refractivity contribution in [2.75, 3.05) is 0 Å².